The van der Waals surface area contributed by atoms with Gasteiger partial charge in [-0.25, -0.2) is 0 Å². The van der Waals surface area contributed by atoms with Crippen LogP contribution in [-0.4, -0.2) is 0 Å². The quantitative estimate of drug-likeness (QED) is 0.635. The van der Waals surface area contributed by atoms with Crippen LogP contribution in [0.5, 0.6) is 0 Å². The van der Waals surface area contributed by atoms with E-state index in [9.17, 15) is 0 Å². The summed E-state index contributed by atoms with van der Waals surface area (Å²) >= 11 is 0. The van der Waals surface area contributed by atoms with Gasteiger partial charge in [0, 0.05) is 5.41 Å². The van der Waals surface area contributed by atoms with Gasteiger partial charge in [-0.05, 0) is 54.7 Å². The molecule has 0 spiro atoms. The van der Waals surface area contributed by atoms with Crippen LogP contribution in [-0.2, 0) is 11.8 Å². The van der Waals surface area contributed by atoms with Crippen molar-refractivity contribution in [2.24, 2.45) is 0 Å². The summed E-state index contributed by atoms with van der Waals surface area (Å²) < 4.78 is 0. The Bertz CT molecular complexity index is 619. The van der Waals surface area contributed by atoms with E-state index >= 15 is 0 Å². The Morgan fingerprint density at radius 3 is 2.27 bits per heavy atom. The molecule has 0 bridgehead atoms. The Kier molecular flexibility index (Phi) is 3.78. The second kappa shape index (κ2) is 5.91. The minimum atomic E-state index is 0.385. The zero-order chi connectivity index (χ0) is 14.8. The van der Waals surface area contributed by atoms with Crippen molar-refractivity contribution in [2.45, 2.75) is 62.7 Å². The minimum absolute atomic E-state index is 0.385. The van der Waals surface area contributed by atoms with Crippen LogP contribution in [0.25, 0.3) is 0 Å². The van der Waals surface area contributed by atoms with Gasteiger partial charge >= 0.3 is 0 Å². The van der Waals surface area contributed by atoms with Crippen molar-refractivity contribution < 1.29 is 0 Å². The lowest BCUT2D eigenvalue weighted by molar-refractivity contribution is 0.224. The van der Waals surface area contributed by atoms with Crippen molar-refractivity contribution in [1.29, 1.82) is 0 Å². The van der Waals surface area contributed by atoms with Crippen LogP contribution in [0.4, 0.5) is 0 Å². The third kappa shape index (κ3) is 2.29. The Hall–Kier alpha value is -1.56. The molecule has 0 aromatic heterocycles. The normalized spacial score (nSPS) is 23.7. The van der Waals surface area contributed by atoms with Crippen molar-refractivity contribution in [3.8, 4) is 0 Å². The molecule has 0 aliphatic heterocycles. The third-order valence-corrected chi connectivity index (χ3v) is 6.13. The largest absolute Gasteiger partial charge is 0.0622 e. The van der Waals surface area contributed by atoms with Gasteiger partial charge in [0.1, 0.15) is 0 Å². The number of aryl methyl sites for hydroxylation is 1. The van der Waals surface area contributed by atoms with Crippen LogP contribution >= 0.6 is 0 Å². The van der Waals surface area contributed by atoms with Crippen molar-refractivity contribution in [3.05, 3.63) is 71.3 Å². The molecular weight excluding hydrogens is 264 g/mol. The summed E-state index contributed by atoms with van der Waals surface area (Å²) in [5, 5.41) is 0. The SMILES string of the molecule is c1ccc(C2(C3CCCc4ccccc43)CCCCC2)cc1. The maximum absolute atomic E-state index is 2.42. The smallest absolute Gasteiger partial charge is 0.00217 e. The molecule has 1 fully saturated rings. The maximum atomic E-state index is 2.42. The molecule has 22 heavy (non-hydrogen) atoms. The van der Waals surface area contributed by atoms with Gasteiger partial charge < -0.3 is 0 Å². The second-order valence-corrected chi connectivity index (χ2v) is 7.23. The van der Waals surface area contributed by atoms with Gasteiger partial charge in [-0.15, -0.1) is 0 Å². The molecule has 2 aromatic rings. The van der Waals surface area contributed by atoms with Crippen LogP contribution in [0.2, 0.25) is 0 Å². The van der Waals surface area contributed by atoms with E-state index in [4.69, 9.17) is 0 Å². The third-order valence-electron chi connectivity index (χ3n) is 6.13. The van der Waals surface area contributed by atoms with Gasteiger partial charge in [-0.3, -0.25) is 0 Å². The lowest BCUT2D eigenvalue weighted by atomic mass is 9.57. The fourth-order valence-corrected chi connectivity index (χ4v) is 5.12. The Morgan fingerprint density at radius 1 is 0.727 bits per heavy atom. The molecule has 2 aliphatic rings. The highest BCUT2D eigenvalue weighted by molar-refractivity contribution is 5.40. The lowest BCUT2D eigenvalue weighted by Crippen LogP contribution is -2.37. The molecule has 0 radical (unpaired) electrons. The predicted octanol–water partition coefficient (Wildman–Crippen LogP) is 6.01. The van der Waals surface area contributed by atoms with Crippen molar-refractivity contribution >= 4 is 0 Å². The summed E-state index contributed by atoms with van der Waals surface area (Å²) in [6.07, 6.45) is 11.0. The van der Waals surface area contributed by atoms with E-state index in [-0.39, 0.29) is 0 Å². The summed E-state index contributed by atoms with van der Waals surface area (Å²) in [4.78, 5) is 0. The first kappa shape index (κ1) is 14.1. The first-order chi connectivity index (χ1) is 10.9. The highest BCUT2D eigenvalue weighted by Gasteiger charge is 2.43. The Labute approximate surface area is 134 Å². The Balaban J connectivity index is 1.83. The van der Waals surface area contributed by atoms with Crippen molar-refractivity contribution in [2.75, 3.05) is 0 Å². The number of hydrogen-bond acceptors (Lipinski definition) is 0. The first-order valence-corrected chi connectivity index (χ1v) is 9.03. The molecule has 1 unspecified atom stereocenters. The monoisotopic (exact) mass is 290 g/mol. The van der Waals surface area contributed by atoms with E-state index < -0.39 is 0 Å². The topological polar surface area (TPSA) is 0 Å². The first-order valence-electron chi connectivity index (χ1n) is 9.03. The fraction of sp³-hybridized carbons (Fsp3) is 0.455. The molecule has 0 nitrogen and oxygen atoms in total. The molecule has 0 amide bonds. The summed E-state index contributed by atoms with van der Waals surface area (Å²) in [7, 11) is 0. The average molecular weight is 290 g/mol. The lowest BCUT2D eigenvalue weighted by Gasteiger charge is -2.47. The summed E-state index contributed by atoms with van der Waals surface area (Å²) in [6, 6.07) is 20.7. The van der Waals surface area contributed by atoms with Gasteiger partial charge in [-0.2, -0.15) is 0 Å². The van der Waals surface area contributed by atoms with Crippen LogP contribution in [0, 0.1) is 0 Å². The fourth-order valence-electron chi connectivity index (χ4n) is 5.12. The molecule has 0 N–H and O–H groups in total. The van der Waals surface area contributed by atoms with Gasteiger partial charge in [-0.1, -0.05) is 73.9 Å². The van der Waals surface area contributed by atoms with E-state index in [1.165, 1.54) is 51.4 Å². The van der Waals surface area contributed by atoms with Crippen molar-refractivity contribution in [3.63, 3.8) is 0 Å². The van der Waals surface area contributed by atoms with Gasteiger partial charge in [0.05, 0.1) is 0 Å². The van der Waals surface area contributed by atoms with Crippen molar-refractivity contribution in [1.82, 2.24) is 0 Å². The standard InChI is InChI=1S/C22H26/c1-3-12-19(13-4-1)22(16-7-2-8-17-22)21-15-9-11-18-10-5-6-14-20(18)21/h1,3-6,10,12-14,21H,2,7-9,11,15-17H2. The van der Waals surface area contributed by atoms with Crippen LogP contribution < -0.4 is 0 Å². The highest BCUT2D eigenvalue weighted by atomic mass is 14.5. The number of fused-ring (bicyclic) bond motifs is 1. The molecule has 0 saturated heterocycles. The zero-order valence-electron chi connectivity index (χ0n) is 13.4. The van der Waals surface area contributed by atoms with E-state index in [0.717, 1.165) is 5.92 Å². The molecule has 114 valence electrons. The number of hydrogen-bond donors (Lipinski definition) is 0. The van der Waals surface area contributed by atoms with Gasteiger partial charge in [0.2, 0.25) is 0 Å². The summed E-state index contributed by atoms with van der Waals surface area (Å²) in [5.41, 5.74) is 5.24. The summed E-state index contributed by atoms with van der Waals surface area (Å²) in [5.74, 6) is 0.722. The molecule has 2 aliphatic carbocycles. The molecule has 0 heteroatoms. The van der Waals surface area contributed by atoms with E-state index in [2.05, 4.69) is 54.6 Å². The minimum Gasteiger partial charge on any atom is -0.0622 e. The van der Waals surface area contributed by atoms with E-state index in [0.29, 0.717) is 5.41 Å². The highest BCUT2D eigenvalue weighted by Crippen LogP contribution is 2.53. The van der Waals surface area contributed by atoms with Gasteiger partial charge in [0.25, 0.3) is 0 Å². The van der Waals surface area contributed by atoms with Crippen LogP contribution in [0.1, 0.15) is 67.6 Å². The molecule has 2 aromatic carbocycles. The zero-order valence-corrected chi connectivity index (χ0v) is 13.4. The average Bonchev–Trinajstić information content (AvgIpc) is 2.62. The van der Waals surface area contributed by atoms with E-state index in [1.54, 1.807) is 16.7 Å². The van der Waals surface area contributed by atoms with Gasteiger partial charge in [0.15, 0.2) is 0 Å². The number of rotatable bonds is 2. The summed E-state index contributed by atoms with van der Waals surface area (Å²) in [6.45, 7) is 0. The molecule has 0 heterocycles. The Morgan fingerprint density at radius 2 is 1.45 bits per heavy atom. The molecular formula is C22H26. The molecule has 1 atom stereocenters. The maximum Gasteiger partial charge on any atom is 0.00217 e. The number of benzene rings is 2. The van der Waals surface area contributed by atoms with Crippen LogP contribution in [0.3, 0.4) is 0 Å². The predicted molar refractivity (Wildman–Crippen MR) is 93.3 cm³/mol. The van der Waals surface area contributed by atoms with E-state index in [1.807, 2.05) is 0 Å². The molecule has 4 rings (SSSR count). The second-order valence-electron chi connectivity index (χ2n) is 7.23. The molecule has 1 saturated carbocycles. The van der Waals surface area contributed by atoms with Crippen LogP contribution in [0.15, 0.2) is 54.6 Å².